The number of aliphatic hydroxyl groups excluding tert-OH is 7. The Morgan fingerprint density at radius 1 is 0.525 bits per heavy atom. The Bertz CT molecular complexity index is 928. The van der Waals surface area contributed by atoms with E-state index in [1.165, 1.54) is 154 Å². The number of hydrogen-bond acceptors (Lipinski definition) is 10. The molecule has 1 saturated heterocycles. The molecule has 0 saturated carbocycles. The molecular weight excluding hydrogens is 751 g/mol. The van der Waals surface area contributed by atoms with Crippen LogP contribution in [0.15, 0.2) is 0 Å². The fourth-order valence-electron chi connectivity index (χ4n) is 8.27. The van der Waals surface area contributed by atoms with Crippen molar-refractivity contribution in [3.63, 3.8) is 0 Å². The van der Waals surface area contributed by atoms with Crippen LogP contribution < -0.4 is 5.32 Å². The summed E-state index contributed by atoms with van der Waals surface area (Å²) in [6.45, 7) is 3.46. The number of carbonyl (C=O) groups excluding carboxylic acids is 1. The summed E-state index contributed by atoms with van der Waals surface area (Å²) in [5, 5.41) is 75.8. The van der Waals surface area contributed by atoms with Crippen LogP contribution in [-0.4, -0.2) is 110 Å². The van der Waals surface area contributed by atoms with Crippen molar-refractivity contribution in [2.24, 2.45) is 0 Å². The maximum atomic E-state index is 13.1. The van der Waals surface area contributed by atoms with Gasteiger partial charge in [-0.15, -0.1) is 0 Å². The Morgan fingerprint density at radius 2 is 0.881 bits per heavy atom. The summed E-state index contributed by atoms with van der Waals surface area (Å²) in [6.07, 6.45) is 28.5. The third-order valence-electron chi connectivity index (χ3n) is 12.4. The molecule has 0 bridgehead atoms. The zero-order valence-electron chi connectivity index (χ0n) is 38.0. The van der Waals surface area contributed by atoms with E-state index in [9.17, 15) is 40.5 Å². The van der Waals surface area contributed by atoms with E-state index in [4.69, 9.17) is 9.47 Å². The standard InChI is InChI=1S/C48H95NO10/c1-3-5-7-9-11-13-15-17-19-20-22-24-26-28-30-32-34-36-41(52)47(57)49-39(38-58-48-46(56)45(55)44(54)42(37-50)59-48)43(53)40(51)35-33-31-29-27-25-23-21-18-16-14-12-10-8-6-4-2/h39-46,48,50-56H,3-38H2,1-2H3,(H,49,57). The molecule has 352 valence electrons. The van der Waals surface area contributed by atoms with E-state index in [2.05, 4.69) is 19.2 Å². The Hall–Kier alpha value is -0.890. The maximum absolute atomic E-state index is 13.1. The normalized spacial score (nSPS) is 21.7. The van der Waals surface area contributed by atoms with Gasteiger partial charge in [0.15, 0.2) is 6.29 Å². The second kappa shape index (κ2) is 38.8. The second-order valence-electron chi connectivity index (χ2n) is 17.9. The van der Waals surface area contributed by atoms with Gasteiger partial charge in [-0.2, -0.15) is 0 Å². The van der Waals surface area contributed by atoms with Crippen molar-refractivity contribution in [2.45, 2.75) is 287 Å². The van der Waals surface area contributed by atoms with Crippen molar-refractivity contribution in [1.82, 2.24) is 5.32 Å². The third-order valence-corrected chi connectivity index (χ3v) is 12.4. The summed E-state index contributed by atoms with van der Waals surface area (Å²) >= 11 is 0. The number of carbonyl (C=O) groups is 1. The average Bonchev–Trinajstić information content (AvgIpc) is 3.23. The van der Waals surface area contributed by atoms with Crippen LogP contribution in [0.3, 0.4) is 0 Å². The Labute approximate surface area is 360 Å². The summed E-state index contributed by atoms with van der Waals surface area (Å²) in [6, 6.07) is -1.16. The number of rotatable bonds is 42. The minimum Gasteiger partial charge on any atom is -0.394 e. The number of amides is 1. The number of aliphatic hydroxyl groups is 7. The summed E-state index contributed by atoms with van der Waals surface area (Å²) < 4.78 is 11.1. The fourth-order valence-corrected chi connectivity index (χ4v) is 8.27. The van der Waals surface area contributed by atoms with Gasteiger partial charge in [-0.05, 0) is 12.8 Å². The van der Waals surface area contributed by atoms with Gasteiger partial charge in [0.1, 0.15) is 36.6 Å². The van der Waals surface area contributed by atoms with Gasteiger partial charge in [0.25, 0.3) is 0 Å². The second-order valence-corrected chi connectivity index (χ2v) is 17.9. The molecule has 59 heavy (non-hydrogen) atoms. The van der Waals surface area contributed by atoms with Gasteiger partial charge in [0.05, 0.1) is 25.4 Å². The van der Waals surface area contributed by atoms with E-state index in [1.807, 2.05) is 0 Å². The van der Waals surface area contributed by atoms with Crippen molar-refractivity contribution in [3.8, 4) is 0 Å². The molecule has 1 heterocycles. The highest BCUT2D eigenvalue weighted by molar-refractivity contribution is 5.80. The highest BCUT2D eigenvalue weighted by atomic mass is 16.7. The van der Waals surface area contributed by atoms with Crippen LogP contribution in [0.4, 0.5) is 0 Å². The molecule has 8 N–H and O–H groups in total. The maximum Gasteiger partial charge on any atom is 0.249 e. The molecule has 9 unspecified atom stereocenters. The van der Waals surface area contributed by atoms with Crippen LogP contribution in [0, 0.1) is 0 Å². The van der Waals surface area contributed by atoms with Gasteiger partial charge in [0, 0.05) is 0 Å². The van der Waals surface area contributed by atoms with E-state index in [0.717, 1.165) is 38.5 Å². The zero-order valence-corrected chi connectivity index (χ0v) is 38.0. The highest BCUT2D eigenvalue weighted by Crippen LogP contribution is 2.23. The van der Waals surface area contributed by atoms with Crippen LogP contribution in [0.5, 0.6) is 0 Å². The fraction of sp³-hybridized carbons (Fsp3) is 0.979. The summed E-state index contributed by atoms with van der Waals surface area (Å²) in [7, 11) is 0. The Kier molecular flexibility index (Phi) is 36.9. The predicted octanol–water partition coefficient (Wildman–Crippen LogP) is 8.67. The minimum atomic E-state index is -1.66. The monoisotopic (exact) mass is 846 g/mol. The lowest BCUT2D eigenvalue weighted by atomic mass is 9.98. The molecule has 0 spiro atoms. The molecule has 9 atom stereocenters. The number of ether oxygens (including phenoxy) is 2. The van der Waals surface area contributed by atoms with E-state index >= 15 is 0 Å². The highest BCUT2D eigenvalue weighted by Gasteiger charge is 2.44. The van der Waals surface area contributed by atoms with Gasteiger partial charge in [0.2, 0.25) is 5.91 Å². The first kappa shape index (κ1) is 56.1. The molecule has 0 aliphatic carbocycles. The molecule has 1 rings (SSSR count). The molecule has 1 aliphatic rings. The first-order chi connectivity index (χ1) is 28.7. The molecule has 0 aromatic heterocycles. The topological polar surface area (TPSA) is 189 Å². The van der Waals surface area contributed by atoms with E-state index in [1.54, 1.807) is 0 Å². The van der Waals surface area contributed by atoms with Gasteiger partial charge in [-0.25, -0.2) is 0 Å². The lowest BCUT2D eigenvalue weighted by molar-refractivity contribution is -0.303. The first-order valence-corrected chi connectivity index (χ1v) is 24.9. The lowest BCUT2D eigenvalue weighted by Gasteiger charge is -2.40. The summed E-state index contributed by atoms with van der Waals surface area (Å²) in [5.74, 6) is -0.692. The number of hydrogen-bond donors (Lipinski definition) is 8. The first-order valence-electron chi connectivity index (χ1n) is 24.9. The van der Waals surface area contributed by atoms with Crippen LogP contribution >= 0.6 is 0 Å². The minimum absolute atomic E-state index is 0.266. The zero-order chi connectivity index (χ0) is 43.4. The van der Waals surface area contributed by atoms with Gasteiger partial charge >= 0.3 is 0 Å². The summed E-state index contributed by atoms with van der Waals surface area (Å²) in [5.41, 5.74) is 0. The quantitative estimate of drug-likeness (QED) is 0.0276. The molecule has 0 aromatic rings. The third kappa shape index (κ3) is 28.4. The predicted molar refractivity (Wildman–Crippen MR) is 238 cm³/mol. The number of nitrogens with one attached hydrogen (secondary N) is 1. The van der Waals surface area contributed by atoms with E-state index in [-0.39, 0.29) is 6.42 Å². The van der Waals surface area contributed by atoms with Crippen molar-refractivity contribution in [3.05, 3.63) is 0 Å². The van der Waals surface area contributed by atoms with Crippen molar-refractivity contribution >= 4 is 5.91 Å². The molecule has 1 aliphatic heterocycles. The molecule has 0 aromatic carbocycles. The molecule has 0 radical (unpaired) electrons. The van der Waals surface area contributed by atoms with Crippen LogP contribution in [0.25, 0.3) is 0 Å². The number of unbranched alkanes of at least 4 members (excludes halogenated alkanes) is 30. The smallest absolute Gasteiger partial charge is 0.249 e. The molecule has 1 fully saturated rings. The van der Waals surface area contributed by atoms with Crippen LogP contribution in [-0.2, 0) is 14.3 Å². The van der Waals surface area contributed by atoms with Crippen molar-refractivity contribution in [1.29, 1.82) is 0 Å². The molecule has 11 heteroatoms. The Morgan fingerprint density at radius 3 is 1.25 bits per heavy atom. The van der Waals surface area contributed by atoms with Crippen molar-refractivity contribution < 1.29 is 50.0 Å². The van der Waals surface area contributed by atoms with Crippen LogP contribution in [0.1, 0.15) is 232 Å². The Balaban J connectivity index is 2.40. The molecular formula is C48H95NO10. The average molecular weight is 846 g/mol. The molecule has 11 nitrogen and oxygen atoms in total. The van der Waals surface area contributed by atoms with E-state index < -0.39 is 74.2 Å². The van der Waals surface area contributed by atoms with Gasteiger partial charge in [-0.3, -0.25) is 4.79 Å². The summed E-state index contributed by atoms with van der Waals surface area (Å²) in [4.78, 5) is 13.1. The van der Waals surface area contributed by atoms with Crippen LogP contribution in [0.2, 0.25) is 0 Å². The van der Waals surface area contributed by atoms with Crippen molar-refractivity contribution in [2.75, 3.05) is 13.2 Å². The SMILES string of the molecule is CCCCCCCCCCCCCCCCCCCC(O)C(=O)NC(COC1OC(CO)C(O)C(O)C1O)C(O)C(O)CCCCCCCCCCCCCCCCC. The largest absolute Gasteiger partial charge is 0.394 e. The van der Waals surface area contributed by atoms with Gasteiger partial charge in [-0.1, -0.05) is 219 Å². The lowest BCUT2D eigenvalue weighted by Crippen LogP contribution is -2.60. The molecule has 1 amide bonds. The van der Waals surface area contributed by atoms with E-state index in [0.29, 0.717) is 19.3 Å². The van der Waals surface area contributed by atoms with Gasteiger partial charge < -0.3 is 50.5 Å².